The quantitative estimate of drug-likeness (QED) is 0.575. The number of fused-ring (bicyclic) bond motifs is 2. The zero-order chi connectivity index (χ0) is 23.0. The van der Waals surface area contributed by atoms with E-state index in [-0.39, 0.29) is 11.3 Å². The van der Waals surface area contributed by atoms with E-state index < -0.39 is 5.54 Å². The Morgan fingerprint density at radius 1 is 0.941 bits per heavy atom. The number of rotatable bonds is 4. The van der Waals surface area contributed by atoms with Crippen molar-refractivity contribution in [3.05, 3.63) is 102 Å². The highest BCUT2D eigenvalue weighted by Gasteiger charge is 2.60. The fourth-order valence-electron chi connectivity index (χ4n) is 7.21. The molecule has 2 fully saturated rings. The van der Waals surface area contributed by atoms with Crippen LogP contribution < -0.4 is 10.1 Å². The van der Waals surface area contributed by atoms with Gasteiger partial charge in [-0.3, -0.25) is 4.79 Å². The van der Waals surface area contributed by atoms with Crippen LogP contribution in [-0.2, 0) is 15.7 Å². The standard InChI is InChI=1S/C30H32N2O2/c33-22-32-17-15-24(23-9-3-1-4-10-23)19-30(32,25-11-5-2-6-12-25)28-20-31-21-29(28)16-18-34-27-14-8-7-13-26(27)29/h1-14,22,24,28,31H,15-21H2. The Morgan fingerprint density at radius 2 is 1.68 bits per heavy atom. The maximum absolute atomic E-state index is 12.7. The Hall–Kier alpha value is -3.11. The smallest absolute Gasteiger partial charge is 0.210 e. The summed E-state index contributed by atoms with van der Waals surface area (Å²) in [4.78, 5) is 14.9. The largest absolute Gasteiger partial charge is 0.493 e. The number of carbonyl (C=O) groups is 1. The number of carbonyl (C=O) groups excluding carboxylic acids is 1. The second kappa shape index (κ2) is 8.59. The first-order valence-corrected chi connectivity index (χ1v) is 12.5. The summed E-state index contributed by atoms with van der Waals surface area (Å²) in [5.41, 5.74) is 3.44. The number of para-hydroxylation sites is 1. The van der Waals surface area contributed by atoms with Crippen molar-refractivity contribution in [1.82, 2.24) is 10.2 Å². The van der Waals surface area contributed by atoms with Crippen molar-refractivity contribution in [1.29, 1.82) is 0 Å². The molecule has 174 valence electrons. The van der Waals surface area contributed by atoms with Gasteiger partial charge in [0.2, 0.25) is 6.41 Å². The number of likely N-dealkylation sites (tertiary alicyclic amines) is 1. The zero-order valence-corrected chi connectivity index (χ0v) is 19.5. The number of piperidine rings is 1. The van der Waals surface area contributed by atoms with Crippen molar-refractivity contribution in [3.8, 4) is 5.75 Å². The van der Waals surface area contributed by atoms with Crippen LogP contribution in [0.3, 0.4) is 0 Å². The van der Waals surface area contributed by atoms with Gasteiger partial charge in [-0.1, -0.05) is 78.9 Å². The van der Waals surface area contributed by atoms with Crippen LogP contribution in [0, 0.1) is 5.92 Å². The Morgan fingerprint density at radius 3 is 2.47 bits per heavy atom. The number of ether oxygens (including phenoxy) is 1. The molecule has 0 aliphatic carbocycles. The minimum absolute atomic E-state index is 0.0788. The number of benzene rings is 3. The molecule has 3 aliphatic rings. The van der Waals surface area contributed by atoms with Crippen molar-refractivity contribution in [2.75, 3.05) is 26.2 Å². The predicted molar refractivity (Wildman–Crippen MR) is 134 cm³/mol. The summed E-state index contributed by atoms with van der Waals surface area (Å²) < 4.78 is 6.12. The SMILES string of the molecule is O=CN1CCC(c2ccccc2)CC1(c1ccccc1)C1CNCC12CCOc1ccccc12. The van der Waals surface area contributed by atoms with Crippen molar-refractivity contribution in [3.63, 3.8) is 0 Å². The lowest BCUT2D eigenvalue weighted by Crippen LogP contribution is -2.60. The summed E-state index contributed by atoms with van der Waals surface area (Å²) in [5.74, 6) is 1.65. The molecule has 0 saturated carbocycles. The lowest BCUT2D eigenvalue weighted by molar-refractivity contribution is -0.132. The Balaban J connectivity index is 1.55. The van der Waals surface area contributed by atoms with Gasteiger partial charge in [-0.15, -0.1) is 0 Å². The van der Waals surface area contributed by atoms with Crippen LogP contribution in [0.5, 0.6) is 5.75 Å². The molecule has 1 N–H and O–H groups in total. The molecule has 3 aromatic carbocycles. The Kier molecular flexibility index (Phi) is 5.41. The fraction of sp³-hybridized carbons (Fsp3) is 0.367. The Labute approximate surface area is 201 Å². The first-order valence-electron chi connectivity index (χ1n) is 12.5. The van der Waals surface area contributed by atoms with Gasteiger partial charge in [0, 0.05) is 36.5 Å². The van der Waals surface area contributed by atoms with Crippen molar-refractivity contribution in [2.24, 2.45) is 5.92 Å². The third-order valence-electron chi connectivity index (χ3n) is 8.72. The molecule has 34 heavy (non-hydrogen) atoms. The van der Waals surface area contributed by atoms with Gasteiger partial charge >= 0.3 is 0 Å². The van der Waals surface area contributed by atoms with Crippen LogP contribution >= 0.6 is 0 Å². The highest BCUT2D eigenvalue weighted by Crippen LogP contribution is 2.57. The van der Waals surface area contributed by atoms with Gasteiger partial charge in [-0.25, -0.2) is 0 Å². The molecule has 3 aromatic rings. The summed E-state index contributed by atoms with van der Waals surface area (Å²) in [7, 11) is 0. The number of amides is 1. The summed E-state index contributed by atoms with van der Waals surface area (Å²) in [6.07, 6.45) is 3.99. The zero-order valence-electron chi connectivity index (χ0n) is 19.5. The van der Waals surface area contributed by atoms with Crippen LogP contribution in [0.1, 0.15) is 41.9 Å². The number of nitrogens with zero attached hydrogens (tertiary/aromatic N) is 1. The van der Waals surface area contributed by atoms with Crippen LogP contribution in [-0.4, -0.2) is 37.6 Å². The van der Waals surface area contributed by atoms with Gasteiger partial charge in [-0.05, 0) is 42.4 Å². The first kappa shape index (κ1) is 21.4. The predicted octanol–water partition coefficient (Wildman–Crippen LogP) is 4.86. The summed E-state index contributed by atoms with van der Waals surface area (Å²) >= 11 is 0. The van der Waals surface area contributed by atoms with Gasteiger partial charge < -0.3 is 15.0 Å². The van der Waals surface area contributed by atoms with Gasteiger partial charge in [0.25, 0.3) is 0 Å². The molecule has 4 unspecified atom stereocenters. The average molecular weight is 453 g/mol. The maximum Gasteiger partial charge on any atom is 0.210 e. The molecule has 3 heterocycles. The first-order chi connectivity index (χ1) is 16.8. The fourth-order valence-corrected chi connectivity index (χ4v) is 7.21. The van der Waals surface area contributed by atoms with E-state index in [0.717, 1.165) is 51.1 Å². The molecule has 4 atom stereocenters. The van der Waals surface area contributed by atoms with Crippen LogP contribution in [0.2, 0.25) is 0 Å². The van der Waals surface area contributed by atoms with Crippen molar-refractivity contribution in [2.45, 2.75) is 36.1 Å². The molecule has 4 heteroatoms. The molecule has 0 radical (unpaired) electrons. The van der Waals surface area contributed by atoms with Crippen LogP contribution in [0.25, 0.3) is 0 Å². The highest BCUT2D eigenvalue weighted by atomic mass is 16.5. The molecule has 4 nitrogen and oxygen atoms in total. The highest BCUT2D eigenvalue weighted by molar-refractivity contribution is 5.54. The average Bonchev–Trinajstić information content (AvgIpc) is 3.34. The molecule has 2 saturated heterocycles. The number of hydrogen-bond donors (Lipinski definition) is 1. The lowest BCUT2D eigenvalue weighted by atomic mass is 9.56. The van der Waals surface area contributed by atoms with E-state index in [4.69, 9.17) is 4.74 Å². The Bertz CT molecular complexity index is 1150. The van der Waals surface area contributed by atoms with E-state index in [2.05, 4.69) is 95.1 Å². The van der Waals surface area contributed by atoms with E-state index in [1.807, 2.05) is 0 Å². The maximum atomic E-state index is 12.7. The van der Waals surface area contributed by atoms with E-state index in [0.29, 0.717) is 12.5 Å². The summed E-state index contributed by atoms with van der Waals surface area (Å²) in [6.45, 7) is 3.27. The van der Waals surface area contributed by atoms with Gasteiger partial charge in [0.05, 0.1) is 12.1 Å². The third-order valence-corrected chi connectivity index (χ3v) is 8.72. The van der Waals surface area contributed by atoms with Crippen molar-refractivity contribution >= 4 is 6.41 Å². The molecule has 1 spiro atoms. The lowest BCUT2D eigenvalue weighted by Gasteiger charge is -2.56. The van der Waals surface area contributed by atoms with E-state index in [1.165, 1.54) is 16.7 Å². The van der Waals surface area contributed by atoms with Crippen LogP contribution in [0.15, 0.2) is 84.9 Å². The molecule has 3 aliphatic heterocycles. The van der Waals surface area contributed by atoms with Crippen molar-refractivity contribution < 1.29 is 9.53 Å². The normalized spacial score (nSPS) is 30.5. The molecule has 0 aromatic heterocycles. The minimum Gasteiger partial charge on any atom is -0.493 e. The molecular formula is C30H32N2O2. The minimum atomic E-state index is -0.393. The second-order valence-electron chi connectivity index (χ2n) is 10.1. The van der Waals surface area contributed by atoms with Gasteiger partial charge in [-0.2, -0.15) is 0 Å². The third kappa shape index (κ3) is 3.19. The summed E-state index contributed by atoms with van der Waals surface area (Å²) in [5, 5.41) is 3.77. The van der Waals surface area contributed by atoms with Gasteiger partial charge in [0.1, 0.15) is 5.75 Å². The molecule has 6 rings (SSSR count). The topological polar surface area (TPSA) is 41.6 Å². The van der Waals surface area contributed by atoms with E-state index in [1.54, 1.807) is 0 Å². The van der Waals surface area contributed by atoms with Crippen LogP contribution in [0.4, 0.5) is 0 Å². The molecule has 0 bridgehead atoms. The molecule has 1 amide bonds. The number of nitrogens with one attached hydrogen (secondary N) is 1. The van der Waals surface area contributed by atoms with Gasteiger partial charge in [0.15, 0.2) is 0 Å². The molecular weight excluding hydrogens is 420 g/mol. The number of hydrogen-bond acceptors (Lipinski definition) is 3. The summed E-state index contributed by atoms with van der Waals surface area (Å²) in [6, 6.07) is 30.2. The van der Waals surface area contributed by atoms with E-state index >= 15 is 0 Å². The van der Waals surface area contributed by atoms with E-state index in [9.17, 15) is 4.79 Å². The monoisotopic (exact) mass is 452 g/mol. The second-order valence-corrected chi connectivity index (χ2v) is 10.1.